The van der Waals surface area contributed by atoms with Gasteiger partial charge in [0.25, 0.3) is 0 Å². The van der Waals surface area contributed by atoms with Crippen LogP contribution in [0.2, 0.25) is 0 Å². The van der Waals surface area contributed by atoms with E-state index in [1.807, 2.05) is 5.92 Å². The third-order valence-electron chi connectivity index (χ3n) is 1.16. The first-order valence-corrected chi connectivity index (χ1v) is 7.43. The van der Waals surface area contributed by atoms with E-state index in [-0.39, 0.29) is 0 Å². The Hall–Kier alpha value is -0.680. The lowest BCUT2D eigenvalue weighted by Crippen LogP contribution is -2.07. The van der Waals surface area contributed by atoms with Gasteiger partial charge in [-0.05, 0) is 0 Å². The number of halogens is 2. The van der Waals surface area contributed by atoms with Crippen molar-refractivity contribution < 1.29 is 26.6 Å². The molecule has 2 unspecified atom stereocenters. The fourth-order valence-corrected chi connectivity index (χ4v) is 2.69. The highest BCUT2D eigenvalue weighted by molar-refractivity contribution is 7.67. The van der Waals surface area contributed by atoms with Gasteiger partial charge in [0.05, 0.1) is 0 Å². The normalized spacial score (nSPS) is 17.1. The highest BCUT2D eigenvalue weighted by Gasteiger charge is 2.35. The highest BCUT2D eigenvalue weighted by atomic mass is 31.3. The maximum absolute atomic E-state index is 13.1. The molecule has 0 aromatic carbocycles. The summed E-state index contributed by atoms with van der Waals surface area (Å²) >= 11 is 0. The van der Waals surface area contributed by atoms with Gasteiger partial charge >= 0.3 is 15.7 Å². The van der Waals surface area contributed by atoms with Crippen LogP contribution in [0.25, 0.3) is 0 Å². The highest BCUT2D eigenvalue weighted by Crippen LogP contribution is 2.58. The third-order valence-corrected chi connectivity index (χ3v) is 3.99. The molecule has 0 aliphatic heterocycles. The van der Waals surface area contributed by atoms with E-state index >= 15 is 0 Å². The van der Waals surface area contributed by atoms with Gasteiger partial charge in [-0.25, -0.2) is 9.13 Å². The van der Waals surface area contributed by atoms with Crippen molar-refractivity contribution in [3.63, 3.8) is 0 Å². The van der Waals surface area contributed by atoms with Gasteiger partial charge in [-0.1, -0.05) is 18.8 Å². The second kappa shape index (κ2) is 7.61. The van der Waals surface area contributed by atoms with Crippen LogP contribution < -0.4 is 4.86 Å². The molecule has 5 nitrogen and oxygen atoms in total. The smallest absolute Gasteiger partial charge is 0.280 e. The van der Waals surface area contributed by atoms with Crippen LogP contribution in [0.3, 0.4) is 0 Å². The quantitative estimate of drug-likeness (QED) is 0.600. The van der Waals surface area contributed by atoms with E-state index in [1.165, 1.54) is 0 Å². The molecule has 96 valence electrons. The number of terminal acetylenes is 1. The standard InChI is InChI=1S/C8H11F2NO4P2/c1-3-5-6-8-15-17(10,13)11-16(9,12)14-7-4-2/h2H,3,7-8H2,1H3,(H,11,12,13). The summed E-state index contributed by atoms with van der Waals surface area (Å²) in [5.74, 6) is 6.64. The summed E-state index contributed by atoms with van der Waals surface area (Å²) < 4.78 is 55.9. The molecule has 0 heterocycles. The lowest BCUT2D eigenvalue weighted by atomic mass is 10.5. The van der Waals surface area contributed by atoms with Gasteiger partial charge < -0.3 is 0 Å². The molecule has 0 amide bonds. The number of rotatable bonds is 6. The van der Waals surface area contributed by atoms with Gasteiger partial charge in [0.1, 0.15) is 13.2 Å². The lowest BCUT2D eigenvalue weighted by molar-refractivity contribution is 0.299. The van der Waals surface area contributed by atoms with Gasteiger partial charge in [-0.3, -0.25) is 9.05 Å². The van der Waals surface area contributed by atoms with Crippen LogP contribution in [-0.2, 0) is 18.2 Å². The molecule has 0 bridgehead atoms. The second-order valence-electron chi connectivity index (χ2n) is 2.52. The number of hydrogen-bond donors (Lipinski definition) is 1. The van der Waals surface area contributed by atoms with Crippen LogP contribution in [0.4, 0.5) is 8.39 Å². The summed E-state index contributed by atoms with van der Waals surface area (Å²) in [4.78, 5) is 1.01. The Labute approximate surface area is 98.5 Å². The summed E-state index contributed by atoms with van der Waals surface area (Å²) in [6.07, 6.45) is 5.21. The van der Waals surface area contributed by atoms with Gasteiger partial charge in [-0.15, -0.1) is 25.6 Å². The van der Waals surface area contributed by atoms with Crippen molar-refractivity contribution in [3.05, 3.63) is 0 Å². The third kappa shape index (κ3) is 9.06. The molecule has 9 heteroatoms. The van der Waals surface area contributed by atoms with E-state index < -0.39 is 28.9 Å². The SMILES string of the molecule is C#CCOP(=O)(F)NP(=O)(F)OCC#CCC. The Morgan fingerprint density at radius 2 is 1.71 bits per heavy atom. The van der Waals surface area contributed by atoms with E-state index in [4.69, 9.17) is 6.42 Å². The average Bonchev–Trinajstić information content (AvgIpc) is 2.20. The molecule has 17 heavy (non-hydrogen) atoms. The largest absolute Gasteiger partial charge is 0.453 e. The topological polar surface area (TPSA) is 64.6 Å². The first-order chi connectivity index (χ1) is 7.83. The Morgan fingerprint density at radius 1 is 1.18 bits per heavy atom. The fourth-order valence-electron chi connectivity index (χ4n) is 0.612. The minimum absolute atomic E-state index is 0.500. The Bertz CT molecular complexity index is 437. The van der Waals surface area contributed by atoms with Crippen molar-refractivity contribution in [1.82, 2.24) is 4.86 Å². The molecule has 0 radical (unpaired) electrons. The van der Waals surface area contributed by atoms with Crippen LogP contribution in [0.1, 0.15) is 13.3 Å². The number of nitrogens with one attached hydrogen (secondary N) is 1. The van der Waals surface area contributed by atoms with Crippen molar-refractivity contribution >= 4 is 15.7 Å². The molecule has 0 saturated carbocycles. The van der Waals surface area contributed by atoms with Gasteiger partial charge in [0.15, 0.2) is 0 Å². The van der Waals surface area contributed by atoms with Crippen molar-refractivity contribution in [2.24, 2.45) is 0 Å². The van der Waals surface area contributed by atoms with Crippen molar-refractivity contribution in [2.75, 3.05) is 13.2 Å². The Balaban J connectivity index is 4.29. The monoisotopic (exact) mass is 285 g/mol. The van der Waals surface area contributed by atoms with Crippen LogP contribution in [0.5, 0.6) is 0 Å². The lowest BCUT2D eigenvalue weighted by Gasteiger charge is -2.12. The molecule has 1 N–H and O–H groups in total. The zero-order valence-electron chi connectivity index (χ0n) is 8.98. The average molecular weight is 285 g/mol. The first-order valence-electron chi connectivity index (χ1n) is 4.40. The molecular weight excluding hydrogens is 274 g/mol. The fraction of sp³-hybridized carbons (Fsp3) is 0.500. The predicted molar refractivity (Wildman–Crippen MR) is 59.4 cm³/mol. The molecule has 0 saturated heterocycles. The minimum Gasteiger partial charge on any atom is -0.280 e. The zero-order chi connectivity index (χ0) is 13.4. The Kier molecular flexibility index (Phi) is 7.30. The van der Waals surface area contributed by atoms with Gasteiger partial charge in [-0.2, -0.15) is 0 Å². The van der Waals surface area contributed by atoms with E-state index in [0.717, 1.165) is 4.86 Å². The molecule has 0 aromatic heterocycles. The molecule has 0 aliphatic carbocycles. The molecule has 0 fully saturated rings. The molecule has 0 rings (SSSR count). The predicted octanol–water partition coefficient (Wildman–Crippen LogP) is 2.81. The van der Waals surface area contributed by atoms with E-state index in [9.17, 15) is 17.5 Å². The van der Waals surface area contributed by atoms with Crippen LogP contribution in [0, 0.1) is 24.2 Å². The molecule has 0 aliphatic rings. The van der Waals surface area contributed by atoms with Crippen LogP contribution in [-0.4, -0.2) is 13.2 Å². The molecular formula is C8H11F2NO4P2. The maximum Gasteiger partial charge on any atom is 0.453 e. The molecule has 2 atom stereocenters. The summed E-state index contributed by atoms with van der Waals surface area (Å²) in [7, 11) is -10.2. The molecule has 0 spiro atoms. The second-order valence-corrected chi connectivity index (χ2v) is 5.75. The van der Waals surface area contributed by atoms with Crippen molar-refractivity contribution in [1.29, 1.82) is 0 Å². The molecule has 0 aromatic rings. The van der Waals surface area contributed by atoms with Gasteiger partial charge in [0, 0.05) is 6.42 Å². The van der Waals surface area contributed by atoms with Gasteiger partial charge in [0.2, 0.25) is 0 Å². The first kappa shape index (κ1) is 16.3. The summed E-state index contributed by atoms with van der Waals surface area (Å²) in [6, 6.07) is 0. The van der Waals surface area contributed by atoms with E-state index in [0.29, 0.717) is 6.42 Å². The summed E-state index contributed by atoms with van der Waals surface area (Å²) in [6.45, 7) is 0.559. The van der Waals surface area contributed by atoms with E-state index in [2.05, 4.69) is 20.9 Å². The van der Waals surface area contributed by atoms with Crippen LogP contribution in [0.15, 0.2) is 0 Å². The summed E-state index contributed by atoms with van der Waals surface area (Å²) in [5, 5.41) is 0. The van der Waals surface area contributed by atoms with E-state index in [1.54, 1.807) is 6.92 Å². The minimum atomic E-state index is -5.09. The summed E-state index contributed by atoms with van der Waals surface area (Å²) in [5.41, 5.74) is 0. The Morgan fingerprint density at radius 3 is 2.18 bits per heavy atom. The van der Waals surface area contributed by atoms with Crippen LogP contribution >= 0.6 is 15.7 Å². The van der Waals surface area contributed by atoms with Crippen molar-refractivity contribution in [3.8, 4) is 24.2 Å². The maximum atomic E-state index is 13.1. The zero-order valence-corrected chi connectivity index (χ0v) is 10.8. The van der Waals surface area contributed by atoms with Crippen molar-refractivity contribution in [2.45, 2.75) is 13.3 Å². The number of hydrogen-bond acceptors (Lipinski definition) is 4.